The Bertz CT molecular complexity index is 1550. The number of nitrogens with zero attached hydrogens (tertiary/aromatic N) is 5. The first-order valence-corrected chi connectivity index (χ1v) is 13.0. The number of methoxy groups -OCH3 is 2. The Morgan fingerprint density at radius 1 is 0.821 bits per heavy atom. The van der Waals surface area contributed by atoms with Crippen LogP contribution in [0.1, 0.15) is 42.1 Å². The number of tetrazole rings is 1. The molecule has 0 bridgehead atoms. The van der Waals surface area contributed by atoms with Crippen LogP contribution >= 0.6 is 0 Å². The molecule has 0 saturated carbocycles. The van der Waals surface area contributed by atoms with Gasteiger partial charge in [0.1, 0.15) is 0 Å². The van der Waals surface area contributed by atoms with Crippen molar-refractivity contribution in [2.24, 2.45) is 0 Å². The van der Waals surface area contributed by atoms with Crippen molar-refractivity contribution in [1.29, 1.82) is 0 Å². The Balaban J connectivity index is 1.52. The van der Waals surface area contributed by atoms with Crippen molar-refractivity contribution < 1.29 is 9.47 Å². The molecule has 2 aromatic heterocycles. The van der Waals surface area contributed by atoms with Gasteiger partial charge in [0.15, 0.2) is 12.1 Å². The number of imidazole rings is 1. The molecule has 9 nitrogen and oxygen atoms in total. The maximum absolute atomic E-state index is 13.9. The third kappa shape index (κ3) is 5.45. The summed E-state index contributed by atoms with van der Waals surface area (Å²) in [6.07, 6.45) is 0.967. The Morgan fingerprint density at radius 2 is 1.46 bits per heavy atom. The van der Waals surface area contributed by atoms with E-state index in [1.807, 2.05) is 59.2 Å². The maximum atomic E-state index is 13.9. The molecule has 9 heteroatoms. The second-order valence-electron chi connectivity index (χ2n) is 9.32. The maximum Gasteiger partial charge on any atom is 0.329 e. The monoisotopic (exact) mass is 524 g/mol. The molecule has 0 unspecified atom stereocenters. The molecule has 0 fully saturated rings. The summed E-state index contributed by atoms with van der Waals surface area (Å²) in [6, 6.07) is 26.2. The van der Waals surface area contributed by atoms with E-state index in [0.29, 0.717) is 18.9 Å². The topological polar surface area (TPSA) is 99.8 Å². The van der Waals surface area contributed by atoms with Crippen LogP contribution in [0.4, 0.5) is 0 Å². The number of ether oxygens (including phenoxy) is 2. The number of hydrogen-bond acceptors (Lipinski definition) is 6. The van der Waals surface area contributed by atoms with Crippen LogP contribution in [0, 0.1) is 0 Å². The second kappa shape index (κ2) is 12.0. The zero-order valence-corrected chi connectivity index (χ0v) is 22.4. The van der Waals surface area contributed by atoms with E-state index in [1.165, 1.54) is 0 Å². The standard InChI is InChI=1S/C30H32N6O3/c1-4-10-26-27(29(38-2)39-3)36(20-21-11-6-5-7-12-21)30(37)35(26)19-22-15-17-23(18-16-22)24-13-8-9-14-25(24)28-31-33-34-32-28/h5-9,11-18,29H,4,10,19-20H2,1-3H3,(H,31,32,33,34). The third-order valence-corrected chi connectivity index (χ3v) is 6.83. The highest BCUT2D eigenvalue weighted by Gasteiger charge is 2.26. The number of nitrogens with one attached hydrogen (secondary N) is 1. The predicted octanol–water partition coefficient (Wildman–Crippen LogP) is 4.84. The van der Waals surface area contributed by atoms with Crippen molar-refractivity contribution in [1.82, 2.24) is 29.8 Å². The van der Waals surface area contributed by atoms with Gasteiger partial charge in [-0.05, 0) is 39.1 Å². The van der Waals surface area contributed by atoms with Crippen molar-refractivity contribution in [3.05, 3.63) is 112 Å². The molecule has 0 aliphatic carbocycles. The summed E-state index contributed by atoms with van der Waals surface area (Å²) in [4.78, 5) is 13.9. The molecule has 0 spiro atoms. The van der Waals surface area contributed by atoms with Gasteiger partial charge < -0.3 is 9.47 Å². The first kappa shape index (κ1) is 26.3. The number of aromatic nitrogens is 6. The number of H-pyrrole nitrogens is 1. The number of aromatic amines is 1. The van der Waals surface area contributed by atoms with Gasteiger partial charge >= 0.3 is 5.69 Å². The van der Waals surface area contributed by atoms with E-state index in [-0.39, 0.29) is 5.69 Å². The SMILES string of the molecule is CCCc1c(C(OC)OC)n(Cc2ccccc2)c(=O)n1Cc1ccc(-c2ccccc2-c2nnn[nH]2)cc1. The van der Waals surface area contributed by atoms with Gasteiger partial charge in [0.25, 0.3) is 0 Å². The molecule has 39 heavy (non-hydrogen) atoms. The fourth-order valence-corrected chi connectivity index (χ4v) is 5.01. The lowest BCUT2D eigenvalue weighted by Gasteiger charge is -2.18. The second-order valence-corrected chi connectivity index (χ2v) is 9.32. The van der Waals surface area contributed by atoms with Crippen molar-refractivity contribution in [2.75, 3.05) is 14.2 Å². The minimum absolute atomic E-state index is 0.0800. The van der Waals surface area contributed by atoms with E-state index in [4.69, 9.17) is 9.47 Å². The smallest absolute Gasteiger partial charge is 0.329 e. The normalized spacial score (nSPS) is 11.4. The summed E-state index contributed by atoms with van der Waals surface area (Å²) < 4.78 is 15.0. The van der Waals surface area contributed by atoms with Gasteiger partial charge in [-0.15, -0.1) is 5.10 Å². The van der Waals surface area contributed by atoms with Gasteiger partial charge in [-0.3, -0.25) is 9.13 Å². The van der Waals surface area contributed by atoms with E-state index >= 15 is 0 Å². The molecule has 0 amide bonds. The highest BCUT2D eigenvalue weighted by molar-refractivity contribution is 5.80. The minimum atomic E-state index is -0.645. The molecule has 5 aromatic rings. The first-order valence-electron chi connectivity index (χ1n) is 13.0. The molecule has 0 atom stereocenters. The fourth-order valence-electron chi connectivity index (χ4n) is 5.01. The lowest BCUT2D eigenvalue weighted by atomic mass is 9.98. The van der Waals surface area contributed by atoms with Crippen LogP contribution in [0.3, 0.4) is 0 Å². The van der Waals surface area contributed by atoms with Crippen LogP contribution in [-0.4, -0.2) is 44.0 Å². The number of rotatable bonds is 11. The largest absolute Gasteiger partial charge is 0.350 e. The molecule has 1 N–H and O–H groups in total. The Hall–Kier alpha value is -4.34. The quantitative estimate of drug-likeness (QED) is 0.248. The van der Waals surface area contributed by atoms with Crippen LogP contribution in [0.2, 0.25) is 0 Å². The molecule has 200 valence electrons. The lowest BCUT2D eigenvalue weighted by molar-refractivity contribution is -0.111. The third-order valence-electron chi connectivity index (χ3n) is 6.83. The van der Waals surface area contributed by atoms with Crippen LogP contribution in [0.25, 0.3) is 22.5 Å². The van der Waals surface area contributed by atoms with Crippen molar-refractivity contribution in [2.45, 2.75) is 39.1 Å². The molecule has 0 aliphatic rings. The van der Waals surface area contributed by atoms with Crippen LogP contribution in [-0.2, 0) is 29.0 Å². The summed E-state index contributed by atoms with van der Waals surface area (Å²) in [7, 11) is 3.20. The fraction of sp³-hybridized carbons (Fsp3) is 0.267. The first-order chi connectivity index (χ1) is 19.1. The highest BCUT2D eigenvalue weighted by Crippen LogP contribution is 2.30. The average Bonchev–Trinajstić information content (AvgIpc) is 3.60. The van der Waals surface area contributed by atoms with E-state index in [0.717, 1.165) is 52.0 Å². The molecule has 2 heterocycles. The van der Waals surface area contributed by atoms with Crippen molar-refractivity contribution in [3.8, 4) is 22.5 Å². The van der Waals surface area contributed by atoms with Crippen LogP contribution in [0.5, 0.6) is 0 Å². The lowest BCUT2D eigenvalue weighted by Crippen LogP contribution is -2.27. The summed E-state index contributed by atoms with van der Waals surface area (Å²) in [5, 5.41) is 14.3. The highest BCUT2D eigenvalue weighted by atomic mass is 16.7. The van der Waals surface area contributed by atoms with E-state index in [2.05, 4.69) is 51.8 Å². The molecular weight excluding hydrogens is 492 g/mol. The van der Waals surface area contributed by atoms with Gasteiger partial charge in [0, 0.05) is 25.5 Å². The predicted molar refractivity (Wildman–Crippen MR) is 149 cm³/mol. The molecule has 3 aromatic carbocycles. The van der Waals surface area contributed by atoms with Gasteiger partial charge in [-0.2, -0.15) is 0 Å². The molecular formula is C30H32N6O3. The van der Waals surface area contributed by atoms with Gasteiger partial charge in [-0.1, -0.05) is 92.2 Å². The molecule has 0 saturated heterocycles. The summed E-state index contributed by atoms with van der Waals surface area (Å²) in [5.74, 6) is 0.614. The van der Waals surface area contributed by atoms with Crippen LogP contribution in [0.15, 0.2) is 83.7 Å². The number of hydrogen-bond donors (Lipinski definition) is 1. The van der Waals surface area contributed by atoms with Crippen molar-refractivity contribution in [3.63, 3.8) is 0 Å². The van der Waals surface area contributed by atoms with E-state index < -0.39 is 6.29 Å². The minimum Gasteiger partial charge on any atom is -0.350 e. The average molecular weight is 525 g/mol. The Labute approximate surface area is 227 Å². The van der Waals surface area contributed by atoms with Crippen LogP contribution < -0.4 is 5.69 Å². The summed E-state index contributed by atoms with van der Waals surface area (Å²) in [6.45, 7) is 2.99. The Kier molecular flexibility index (Phi) is 8.10. The number of benzene rings is 3. The van der Waals surface area contributed by atoms with Gasteiger partial charge in [-0.25, -0.2) is 9.89 Å². The summed E-state index contributed by atoms with van der Waals surface area (Å²) >= 11 is 0. The zero-order valence-electron chi connectivity index (χ0n) is 22.4. The molecule has 5 rings (SSSR count). The van der Waals surface area contributed by atoms with Crippen molar-refractivity contribution >= 4 is 0 Å². The summed E-state index contributed by atoms with van der Waals surface area (Å²) in [5.41, 5.74) is 6.65. The van der Waals surface area contributed by atoms with E-state index in [9.17, 15) is 4.79 Å². The molecule has 0 radical (unpaired) electrons. The zero-order chi connectivity index (χ0) is 27.2. The van der Waals surface area contributed by atoms with E-state index in [1.54, 1.807) is 18.8 Å². The Morgan fingerprint density at radius 3 is 2.10 bits per heavy atom. The van der Waals surface area contributed by atoms with Gasteiger partial charge in [0.2, 0.25) is 0 Å². The van der Waals surface area contributed by atoms with Gasteiger partial charge in [0.05, 0.1) is 18.8 Å². The molecule has 0 aliphatic heterocycles.